The molecule has 0 amide bonds. The number of fused-ring (bicyclic) bond motifs is 1. The number of methoxy groups -OCH3 is 1. The Kier molecular flexibility index (Phi) is 11.2. The molecule has 0 radical (unpaired) electrons. The van der Waals surface area contributed by atoms with Gasteiger partial charge < -0.3 is 14.2 Å². The van der Waals surface area contributed by atoms with Crippen molar-refractivity contribution in [2.75, 3.05) is 13.7 Å². The Bertz CT molecular complexity index is 2280. The molecule has 0 bridgehead atoms. The van der Waals surface area contributed by atoms with Crippen LogP contribution in [-0.2, 0) is 16.1 Å². The third-order valence-electron chi connectivity index (χ3n) is 8.21. The van der Waals surface area contributed by atoms with Crippen molar-refractivity contribution in [1.29, 1.82) is 0 Å². The normalized spacial score (nSPS) is 14.4. The van der Waals surface area contributed by atoms with E-state index in [1.54, 1.807) is 30.7 Å². The molecule has 7 nitrogen and oxygen atoms in total. The number of halogens is 3. The maximum absolute atomic E-state index is 14.4. The Labute approximate surface area is 317 Å². The summed E-state index contributed by atoms with van der Waals surface area (Å²) in [4.78, 5) is 33.6. The van der Waals surface area contributed by atoms with Gasteiger partial charge in [-0.25, -0.2) is 9.79 Å². The third kappa shape index (κ3) is 7.42. The topological polar surface area (TPSA) is 79.1 Å². The number of benzene rings is 4. The number of carbonyl (C=O) groups is 1. The summed E-state index contributed by atoms with van der Waals surface area (Å²) in [6.07, 6.45) is 1.81. The Balaban J connectivity index is 1.48. The molecule has 50 heavy (non-hydrogen) atoms. The number of hydrogen-bond acceptors (Lipinski definition) is 7. The molecule has 0 N–H and O–H groups in total. The van der Waals surface area contributed by atoms with Crippen LogP contribution in [0.5, 0.6) is 11.5 Å². The summed E-state index contributed by atoms with van der Waals surface area (Å²) in [5.74, 6) is 0.876. The van der Waals surface area contributed by atoms with Gasteiger partial charge in [-0.05, 0) is 88.0 Å². The van der Waals surface area contributed by atoms with Crippen molar-refractivity contribution < 1.29 is 19.0 Å². The number of aromatic nitrogens is 1. The quantitative estimate of drug-likeness (QED) is 0.104. The van der Waals surface area contributed by atoms with Crippen LogP contribution in [0.4, 0.5) is 0 Å². The third-order valence-corrected chi connectivity index (χ3v) is 10.7. The average molecular weight is 840 g/mol. The van der Waals surface area contributed by atoms with Gasteiger partial charge in [0.2, 0.25) is 0 Å². The van der Waals surface area contributed by atoms with Crippen LogP contribution in [0.1, 0.15) is 60.5 Å². The van der Waals surface area contributed by atoms with E-state index in [1.807, 2.05) is 78.9 Å². The van der Waals surface area contributed by atoms with Gasteiger partial charge in [-0.3, -0.25) is 9.36 Å². The Morgan fingerprint density at radius 1 is 1.02 bits per heavy atom. The van der Waals surface area contributed by atoms with Crippen molar-refractivity contribution in [2.24, 2.45) is 4.99 Å². The van der Waals surface area contributed by atoms with Gasteiger partial charge in [0.25, 0.3) is 5.56 Å². The van der Waals surface area contributed by atoms with Gasteiger partial charge in [0.05, 0.1) is 49.2 Å². The van der Waals surface area contributed by atoms with E-state index in [9.17, 15) is 9.59 Å². The molecular weight excluding hydrogens is 806 g/mol. The number of hydrogen-bond donors (Lipinski definition) is 0. The van der Waals surface area contributed by atoms with E-state index in [1.165, 1.54) is 11.3 Å². The van der Waals surface area contributed by atoms with Crippen LogP contribution in [0.2, 0.25) is 10.0 Å². The van der Waals surface area contributed by atoms with E-state index >= 15 is 0 Å². The summed E-state index contributed by atoms with van der Waals surface area (Å²) in [7, 11) is 1.57. The zero-order valence-electron chi connectivity index (χ0n) is 27.7. The SMILES string of the molecule is CCOC(=O)C1=C(c2ccccc2)N=c2s/c(=C\c3cc(I)c(OCc4ccc(Cl)c(Cl)c4)c(OC)c3)c(=O)n2[C@@H]1c1ccc(C(C)C)cc1. The molecular formula is C39H33Cl2IN2O5S. The number of rotatable bonds is 10. The second-order valence-electron chi connectivity index (χ2n) is 11.8. The second kappa shape index (κ2) is 15.6. The van der Waals surface area contributed by atoms with E-state index < -0.39 is 12.0 Å². The van der Waals surface area contributed by atoms with Gasteiger partial charge in [0.15, 0.2) is 16.3 Å². The molecule has 1 aliphatic heterocycles. The van der Waals surface area contributed by atoms with E-state index in [-0.39, 0.29) is 18.8 Å². The Morgan fingerprint density at radius 2 is 1.76 bits per heavy atom. The largest absolute Gasteiger partial charge is 0.493 e. The maximum Gasteiger partial charge on any atom is 0.338 e. The van der Waals surface area contributed by atoms with Crippen LogP contribution < -0.4 is 24.4 Å². The molecule has 11 heteroatoms. The summed E-state index contributed by atoms with van der Waals surface area (Å²) >= 11 is 15.7. The Hall–Kier alpha value is -3.90. The van der Waals surface area contributed by atoms with Gasteiger partial charge in [0.1, 0.15) is 6.61 Å². The summed E-state index contributed by atoms with van der Waals surface area (Å²) in [6.45, 7) is 6.45. The lowest BCUT2D eigenvalue weighted by atomic mass is 9.91. The monoisotopic (exact) mass is 838 g/mol. The standard InChI is InChI=1S/C39H33Cl2IN2O5S/c1-5-48-38(46)33-34(26-9-7-6-8-10-26)43-39-44(35(33)27-14-12-25(13-15-27)22(2)3)37(45)32(50-39)20-24-18-30(42)36(31(19-24)47-4)49-21-23-11-16-28(40)29(41)17-23/h6-20,22,35H,5,21H2,1-4H3/b32-20-/t35-/m1/s1. The van der Waals surface area contributed by atoms with Crippen molar-refractivity contribution in [3.05, 3.63) is 152 Å². The maximum atomic E-state index is 14.4. The van der Waals surface area contributed by atoms with Crippen molar-refractivity contribution in [3.8, 4) is 11.5 Å². The van der Waals surface area contributed by atoms with Crippen LogP contribution in [0.15, 0.2) is 100 Å². The van der Waals surface area contributed by atoms with Crippen LogP contribution in [0, 0.1) is 3.57 Å². The highest BCUT2D eigenvalue weighted by Crippen LogP contribution is 2.37. The zero-order chi connectivity index (χ0) is 35.5. The van der Waals surface area contributed by atoms with Crippen molar-refractivity contribution in [1.82, 2.24) is 4.57 Å². The van der Waals surface area contributed by atoms with Crippen LogP contribution >= 0.6 is 57.1 Å². The predicted octanol–water partition coefficient (Wildman–Crippen LogP) is 8.56. The molecule has 1 atom stereocenters. The lowest BCUT2D eigenvalue weighted by Crippen LogP contribution is -2.40. The first kappa shape index (κ1) is 35.9. The predicted molar refractivity (Wildman–Crippen MR) is 208 cm³/mol. The van der Waals surface area contributed by atoms with E-state index in [2.05, 4.69) is 36.4 Å². The number of nitrogens with zero attached hydrogens (tertiary/aromatic N) is 2. The molecule has 0 saturated heterocycles. The zero-order valence-corrected chi connectivity index (χ0v) is 32.2. The molecule has 0 aliphatic carbocycles. The second-order valence-corrected chi connectivity index (χ2v) is 14.8. The molecule has 5 aromatic rings. The highest BCUT2D eigenvalue weighted by molar-refractivity contribution is 14.1. The minimum absolute atomic E-state index is 0.182. The number of thiazole rings is 1. The molecule has 2 heterocycles. The van der Waals surface area contributed by atoms with Gasteiger partial charge in [-0.15, -0.1) is 0 Å². The van der Waals surface area contributed by atoms with Crippen LogP contribution in [-0.4, -0.2) is 24.3 Å². The summed E-state index contributed by atoms with van der Waals surface area (Å²) in [5, 5.41) is 0.923. The smallest absolute Gasteiger partial charge is 0.338 e. The lowest BCUT2D eigenvalue weighted by Gasteiger charge is -2.26. The molecule has 4 aromatic carbocycles. The van der Waals surface area contributed by atoms with Gasteiger partial charge in [0, 0.05) is 5.56 Å². The number of carbonyl (C=O) groups excluding carboxylic acids is 1. The number of ether oxygens (including phenoxy) is 3. The molecule has 1 aromatic heterocycles. The molecule has 0 unspecified atom stereocenters. The molecule has 256 valence electrons. The first-order chi connectivity index (χ1) is 24.1. The van der Waals surface area contributed by atoms with Gasteiger partial charge in [-0.1, -0.05) is 109 Å². The lowest BCUT2D eigenvalue weighted by molar-refractivity contribution is -0.138. The number of esters is 1. The molecule has 0 saturated carbocycles. The molecule has 6 rings (SSSR count). The summed E-state index contributed by atoms with van der Waals surface area (Å²) in [6, 6.07) is 25.9. The van der Waals surface area contributed by atoms with Gasteiger partial charge in [-0.2, -0.15) is 0 Å². The minimum atomic E-state index is -0.754. The molecule has 1 aliphatic rings. The van der Waals surface area contributed by atoms with Crippen LogP contribution in [0.3, 0.4) is 0 Å². The highest BCUT2D eigenvalue weighted by Gasteiger charge is 2.35. The highest BCUT2D eigenvalue weighted by atomic mass is 127. The van der Waals surface area contributed by atoms with Crippen LogP contribution in [0.25, 0.3) is 11.8 Å². The van der Waals surface area contributed by atoms with E-state index in [0.29, 0.717) is 48.1 Å². The van der Waals surface area contributed by atoms with Crippen molar-refractivity contribution in [3.63, 3.8) is 0 Å². The minimum Gasteiger partial charge on any atom is -0.493 e. The first-order valence-electron chi connectivity index (χ1n) is 15.9. The van der Waals surface area contributed by atoms with Gasteiger partial charge >= 0.3 is 5.97 Å². The molecule has 0 fully saturated rings. The fraction of sp³-hybridized carbons (Fsp3) is 0.205. The fourth-order valence-electron chi connectivity index (χ4n) is 5.72. The van der Waals surface area contributed by atoms with Crippen molar-refractivity contribution >= 4 is 74.9 Å². The van der Waals surface area contributed by atoms with E-state index in [4.69, 9.17) is 42.4 Å². The van der Waals surface area contributed by atoms with Crippen molar-refractivity contribution in [2.45, 2.75) is 39.3 Å². The van der Waals surface area contributed by atoms with E-state index in [0.717, 1.165) is 31.4 Å². The first-order valence-corrected chi connectivity index (χ1v) is 18.6. The fourth-order valence-corrected chi connectivity index (χ4v) is 7.82. The Morgan fingerprint density at radius 3 is 2.42 bits per heavy atom. The average Bonchev–Trinajstić information content (AvgIpc) is 3.42. The summed E-state index contributed by atoms with van der Waals surface area (Å²) < 4.78 is 20.3. The summed E-state index contributed by atoms with van der Waals surface area (Å²) in [5.41, 5.74) is 4.81. The molecule has 0 spiro atoms.